The van der Waals surface area contributed by atoms with Gasteiger partial charge in [-0.25, -0.2) is 8.78 Å². The minimum absolute atomic E-state index is 0.282. The van der Waals surface area contributed by atoms with E-state index in [2.05, 4.69) is 6.92 Å². The summed E-state index contributed by atoms with van der Waals surface area (Å²) < 4.78 is 28.7. The highest BCUT2D eigenvalue weighted by Gasteiger charge is 2.36. The third-order valence-electron chi connectivity index (χ3n) is 6.49. The van der Waals surface area contributed by atoms with Gasteiger partial charge in [0.2, 0.25) is 0 Å². The van der Waals surface area contributed by atoms with E-state index in [-0.39, 0.29) is 5.92 Å². The molecule has 0 aromatic rings. The van der Waals surface area contributed by atoms with E-state index in [1.54, 1.807) is 0 Å². The van der Waals surface area contributed by atoms with Gasteiger partial charge in [0.05, 0.1) is 0 Å². The monoisotopic (exact) mass is 314 g/mol. The molecule has 0 aliphatic heterocycles. The molecule has 1 unspecified atom stereocenters. The van der Waals surface area contributed by atoms with Crippen molar-refractivity contribution < 1.29 is 8.78 Å². The molecular formula is C20H36F2. The number of halogens is 2. The van der Waals surface area contributed by atoms with Gasteiger partial charge in [-0.1, -0.05) is 39.5 Å². The Morgan fingerprint density at radius 1 is 0.909 bits per heavy atom. The standard InChI is InChI=1S/C20H36F2/c1-3-5-16-10-13-20(22,14-11-16)15-12-17-6-8-18(9-7-17)19(21)4-2/h16-19H,3-15H2,1-2H3. The van der Waals surface area contributed by atoms with Crippen molar-refractivity contribution in [2.24, 2.45) is 17.8 Å². The van der Waals surface area contributed by atoms with Crippen molar-refractivity contribution in [3.63, 3.8) is 0 Å². The molecule has 22 heavy (non-hydrogen) atoms. The highest BCUT2D eigenvalue weighted by Crippen LogP contribution is 2.42. The quantitative estimate of drug-likeness (QED) is 0.473. The predicted octanol–water partition coefficient (Wildman–Crippen LogP) is 7.02. The number of hydrogen-bond acceptors (Lipinski definition) is 0. The maximum Gasteiger partial charge on any atom is 0.111 e. The summed E-state index contributed by atoms with van der Waals surface area (Å²) in [4.78, 5) is 0. The van der Waals surface area contributed by atoms with Gasteiger partial charge in [-0.05, 0) is 75.5 Å². The molecule has 2 heteroatoms. The fourth-order valence-electron chi connectivity index (χ4n) is 4.78. The van der Waals surface area contributed by atoms with Crippen LogP contribution in [-0.4, -0.2) is 11.8 Å². The van der Waals surface area contributed by atoms with Crippen LogP contribution in [0.1, 0.15) is 97.3 Å². The second-order valence-corrected chi connectivity index (χ2v) is 8.13. The molecule has 0 amide bonds. The highest BCUT2D eigenvalue weighted by atomic mass is 19.1. The molecule has 2 fully saturated rings. The number of alkyl halides is 2. The largest absolute Gasteiger partial charge is 0.247 e. The SMILES string of the molecule is CCCC1CCC(F)(CCC2CCC(C(F)CC)CC2)CC1. The number of hydrogen-bond donors (Lipinski definition) is 0. The van der Waals surface area contributed by atoms with E-state index in [4.69, 9.17) is 0 Å². The summed E-state index contributed by atoms with van der Waals surface area (Å²) in [5.74, 6) is 1.71. The summed E-state index contributed by atoms with van der Waals surface area (Å²) in [6, 6.07) is 0. The molecule has 2 saturated carbocycles. The molecule has 0 heterocycles. The normalized spacial score (nSPS) is 37.9. The number of rotatable bonds is 7. The molecule has 2 rings (SSSR count). The smallest absolute Gasteiger partial charge is 0.111 e. The van der Waals surface area contributed by atoms with Gasteiger partial charge in [0.1, 0.15) is 11.8 Å². The zero-order valence-corrected chi connectivity index (χ0v) is 14.8. The lowest BCUT2D eigenvalue weighted by Gasteiger charge is -2.36. The van der Waals surface area contributed by atoms with Crippen LogP contribution in [0.3, 0.4) is 0 Å². The summed E-state index contributed by atoms with van der Waals surface area (Å²) in [6.07, 6.45) is 12.4. The lowest BCUT2D eigenvalue weighted by atomic mass is 9.73. The lowest BCUT2D eigenvalue weighted by molar-refractivity contribution is 0.0591. The first-order valence-electron chi connectivity index (χ1n) is 9.89. The second kappa shape index (κ2) is 8.64. The van der Waals surface area contributed by atoms with Gasteiger partial charge in [-0.3, -0.25) is 0 Å². The Bertz CT molecular complexity index is 299. The molecule has 2 aliphatic carbocycles. The molecule has 0 N–H and O–H groups in total. The summed E-state index contributed by atoms with van der Waals surface area (Å²) in [7, 11) is 0. The van der Waals surface area contributed by atoms with Crippen LogP contribution in [0.25, 0.3) is 0 Å². The molecule has 0 bridgehead atoms. The minimum atomic E-state index is -0.882. The van der Waals surface area contributed by atoms with E-state index in [0.29, 0.717) is 12.3 Å². The Hall–Kier alpha value is -0.140. The van der Waals surface area contributed by atoms with Crippen molar-refractivity contribution in [3.05, 3.63) is 0 Å². The first-order chi connectivity index (χ1) is 10.6. The molecule has 2 aliphatic rings. The van der Waals surface area contributed by atoms with Gasteiger partial charge in [0.25, 0.3) is 0 Å². The topological polar surface area (TPSA) is 0 Å². The van der Waals surface area contributed by atoms with Gasteiger partial charge >= 0.3 is 0 Å². The Balaban J connectivity index is 1.66. The summed E-state index contributed by atoms with van der Waals surface area (Å²) in [6.45, 7) is 4.17. The van der Waals surface area contributed by atoms with Crippen LogP contribution in [-0.2, 0) is 0 Å². The maximum absolute atomic E-state index is 14.9. The van der Waals surface area contributed by atoms with Crippen LogP contribution in [0.2, 0.25) is 0 Å². The van der Waals surface area contributed by atoms with Crippen LogP contribution in [0.5, 0.6) is 0 Å². The highest BCUT2D eigenvalue weighted by molar-refractivity contribution is 4.87. The summed E-state index contributed by atoms with van der Waals surface area (Å²) in [5, 5.41) is 0. The molecule has 0 radical (unpaired) electrons. The Labute approximate surface area is 136 Å². The van der Waals surface area contributed by atoms with Crippen LogP contribution >= 0.6 is 0 Å². The zero-order chi connectivity index (χ0) is 16.0. The minimum Gasteiger partial charge on any atom is -0.247 e. The van der Waals surface area contributed by atoms with Gasteiger partial charge in [0.15, 0.2) is 0 Å². The summed E-state index contributed by atoms with van der Waals surface area (Å²) >= 11 is 0. The molecule has 0 aromatic heterocycles. The van der Waals surface area contributed by atoms with E-state index in [0.717, 1.165) is 70.1 Å². The van der Waals surface area contributed by atoms with Crippen molar-refractivity contribution in [2.75, 3.05) is 0 Å². The van der Waals surface area contributed by atoms with Gasteiger partial charge < -0.3 is 0 Å². The molecule has 0 nitrogen and oxygen atoms in total. The molecular weight excluding hydrogens is 278 g/mol. The fraction of sp³-hybridized carbons (Fsp3) is 1.00. The van der Waals surface area contributed by atoms with Crippen molar-refractivity contribution in [2.45, 2.75) is 109 Å². The fourth-order valence-corrected chi connectivity index (χ4v) is 4.78. The molecule has 130 valence electrons. The van der Waals surface area contributed by atoms with Gasteiger partial charge in [-0.2, -0.15) is 0 Å². The van der Waals surface area contributed by atoms with Gasteiger partial charge in [0, 0.05) is 0 Å². The Morgan fingerprint density at radius 2 is 1.50 bits per heavy atom. The average molecular weight is 315 g/mol. The Kier molecular flexibility index (Phi) is 7.15. The van der Waals surface area contributed by atoms with E-state index in [1.807, 2.05) is 6.92 Å². The first kappa shape index (κ1) is 18.2. The van der Waals surface area contributed by atoms with Crippen molar-refractivity contribution >= 4 is 0 Å². The third kappa shape index (κ3) is 5.20. The lowest BCUT2D eigenvalue weighted by Crippen LogP contribution is -2.31. The predicted molar refractivity (Wildman–Crippen MR) is 90.6 cm³/mol. The molecule has 0 spiro atoms. The van der Waals surface area contributed by atoms with Crippen molar-refractivity contribution in [1.82, 2.24) is 0 Å². The van der Waals surface area contributed by atoms with Crippen LogP contribution < -0.4 is 0 Å². The van der Waals surface area contributed by atoms with E-state index >= 15 is 0 Å². The van der Waals surface area contributed by atoms with E-state index in [1.165, 1.54) is 12.8 Å². The van der Waals surface area contributed by atoms with Crippen LogP contribution in [0, 0.1) is 17.8 Å². The third-order valence-corrected chi connectivity index (χ3v) is 6.49. The van der Waals surface area contributed by atoms with Crippen LogP contribution in [0.4, 0.5) is 8.78 Å². The Morgan fingerprint density at radius 3 is 2.05 bits per heavy atom. The average Bonchev–Trinajstić information content (AvgIpc) is 2.55. The van der Waals surface area contributed by atoms with E-state index < -0.39 is 11.8 Å². The molecule has 1 atom stereocenters. The van der Waals surface area contributed by atoms with Gasteiger partial charge in [-0.15, -0.1) is 0 Å². The molecule has 0 saturated heterocycles. The van der Waals surface area contributed by atoms with Crippen molar-refractivity contribution in [3.8, 4) is 0 Å². The second-order valence-electron chi connectivity index (χ2n) is 8.13. The van der Waals surface area contributed by atoms with Crippen molar-refractivity contribution in [1.29, 1.82) is 0 Å². The maximum atomic E-state index is 14.9. The van der Waals surface area contributed by atoms with Crippen LogP contribution in [0.15, 0.2) is 0 Å². The molecule has 0 aromatic carbocycles. The first-order valence-corrected chi connectivity index (χ1v) is 9.89. The summed E-state index contributed by atoms with van der Waals surface area (Å²) in [5.41, 5.74) is -0.882. The van der Waals surface area contributed by atoms with E-state index in [9.17, 15) is 8.78 Å². The zero-order valence-electron chi connectivity index (χ0n) is 14.8.